The molecule has 3 rings (SSSR count). The number of aromatic nitrogens is 1. The molecular formula is C18H18F3N3O2S. The van der Waals surface area contributed by atoms with Crippen molar-refractivity contribution in [3.05, 3.63) is 41.1 Å². The van der Waals surface area contributed by atoms with Crippen molar-refractivity contribution in [2.75, 3.05) is 18.2 Å². The van der Waals surface area contributed by atoms with Gasteiger partial charge in [0.25, 0.3) is 5.91 Å². The molecule has 1 unspecified atom stereocenters. The molecule has 1 atom stereocenters. The third-order valence-corrected chi connectivity index (χ3v) is 5.31. The molecule has 27 heavy (non-hydrogen) atoms. The van der Waals surface area contributed by atoms with E-state index < -0.39 is 30.6 Å². The molecule has 1 N–H and O–H groups in total. The maximum atomic E-state index is 13.0. The van der Waals surface area contributed by atoms with Crippen LogP contribution in [-0.2, 0) is 4.79 Å². The summed E-state index contributed by atoms with van der Waals surface area (Å²) < 4.78 is 37.0. The summed E-state index contributed by atoms with van der Waals surface area (Å²) in [4.78, 5) is 30.9. The first kappa shape index (κ1) is 19.5. The van der Waals surface area contributed by atoms with Crippen molar-refractivity contribution in [2.24, 2.45) is 0 Å². The van der Waals surface area contributed by atoms with Crippen molar-refractivity contribution < 1.29 is 22.8 Å². The molecule has 0 bridgehead atoms. The van der Waals surface area contributed by atoms with Crippen molar-refractivity contribution in [3.63, 3.8) is 0 Å². The molecule has 1 aromatic heterocycles. The average molecular weight is 397 g/mol. The molecule has 0 aliphatic carbocycles. The Kier molecular flexibility index (Phi) is 5.32. The van der Waals surface area contributed by atoms with Crippen LogP contribution in [0.15, 0.2) is 24.3 Å². The minimum Gasteiger partial charge on any atom is -0.345 e. The number of hydrogen-bond donors (Lipinski definition) is 1. The Morgan fingerprint density at radius 1 is 1.30 bits per heavy atom. The molecule has 1 saturated heterocycles. The second-order valence-electron chi connectivity index (χ2n) is 6.44. The maximum absolute atomic E-state index is 13.0. The summed E-state index contributed by atoms with van der Waals surface area (Å²) >= 11 is 1.33. The van der Waals surface area contributed by atoms with E-state index in [4.69, 9.17) is 0 Å². The van der Waals surface area contributed by atoms with Gasteiger partial charge in [0.15, 0.2) is 0 Å². The first-order valence-corrected chi connectivity index (χ1v) is 9.42. The zero-order valence-electron chi connectivity index (χ0n) is 14.8. The fraction of sp³-hybridized carbons (Fsp3) is 0.389. The first-order chi connectivity index (χ1) is 12.7. The number of thioether (sulfide) groups is 1. The first-order valence-electron chi connectivity index (χ1n) is 8.27. The number of alkyl halides is 3. The zero-order valence-corrected chi connectivity index (χ0v) is 15.6. The SMILES string of the molecule is Cc1ccc2nc(C)c(C(=O)N3CSCC3C(=O)NCC(F)(F)F)cc2c1. The third kappa shape index (κ3) is 4.35. The maximum Gasteiger partial charge on any atom is 0.405 e. The Balaban J connectivity index is 1.84. The van der Waals surface area contributed by atoms with Gasteiger partial charge in [-0.25, -0.2) is 0 Å². The van der Waals surface area contributed by atoms with E-state index in [1.165, 1.54) is 16.7 Å². The van der Waals surface area contributed by atoms with E-state index >= 15 is 0 Å². The molecule has 9 heteroatoms. The van der Waals surface area contributed by atoms with Gasteiger partial charge in [0.05, 0.1) is 22.7 Å². The summed E-state index contributed by atoms with van der Waals surface area (Å²) in [6.45, 7) is 2.22. The number of amides is 2. The Hall–Kier alpha value is -2.29. The van der Waals surface area contributed by atoms with Crippen molar-refractivity contribution in [2.45, 2.75) is 26.1 Å². The minimum atomic E-state index is -4.49. The summed E-state index contributed by atoms with van der Waals surface area (Å²) in [5.74, 6) is -0.698. The zero-order chi connectivity index (χ0) is 19.8. The van der Waals surface area contributed by atoms with E-state index in [9.17, 15) is 22.8 Å². The van der Waals surface area contributed by atoms with Crippen LogP contribution in [0.25, 0.3) is 10.9 Å². The van der Waals surface area contributed by atoms with Crippen LogP contribution in [0, 0.1) is 13.8 Å². The van der Waals surface area contributed by atoms with Crippen LogP contribution in [0.2, 0.25) is 0 Å². The number of hydrogen-bond acceptors (Lipinski definition) is 4. The van der Waals surface area contributed by atoms with Gasteiger partial charge in [0.2, 0.25) is 5.91 Å². The standard InChI is InChI=1S/C18H18F3N3O2S/c1-10-3-4-14-12(5-10)6-13(11(2)23-14)17(26)24-9-27-7-15(24)16(25)22-8-18(19,20)21/h3-6,15H,7-9H2,1-2H3,(H,22,25). The minimum absolute atomic E-state index is 0.244. The molecule has 144 valence electrons. The highest BCUT2D eigenvalue weighted by atomic mass is 32.2. The number of fused-ring (bicyclic) bond motifs is 1. The predicted octanol–water partition coefficient (Wildman–Crippen LogP) is 3.05. The summed E-state index contributed by atoms with van der Waals surface area (Å²) in [6, 6.07) is 6.49. The number of halogens is 3. The number of aryl methyl sites for hydroxylation is 2. The molecule has 0 radical (unpaired) electrons. The number of carbonyl (C=O) groups is 2. The van der Waals surface area contributed by atoms with Gasteiger partial charge in [-0.05, 0) is 32.0 Å². The molecule has 2 amide bonds. The highest BCUT2D eigenvalue weighted by Crippen LogP contribution is 2.26. The quantitative estimate of drug-likeness (QED) is 0.865. The molecular weight excluding hydrogens is 379 g/mol. The molecule has 2 aromatic rings. The Morgan fingerprint density at radius 3 is 2.74 bits per heavy atom. The largest absolute Gasteiger partial charge is 0.405 e. The van der Waals surface area contributed by atoms with Crippen molar-refractivity contribution in [1.82, 2.24) is 15.2 Å². The van der Waals surface area contributed by atoms with E-state index in [0.717, 1.165) is 16.5 Å². The lowest BCUT2D eigenvalue weighted by molar-refractivity contribution is -0.140. The van der Waals surface area contributed by atoms with Crippen molar-refractivity contribution >= 4 is 34.5 Å². The monoisotopic (exact) mass is 397 g/mol. The number of carbonyl (C=O) groups excluding carboxylic acids is 2. The summed E-state index contributed by atoms with van der Waals surface area (Å²) in [6.07, 6.45) is -4.49. The average Bonchev–Trinajstić information content (AvgIpc) is 3.08. The van der Waals surface area contributed by atoms with Gasteiger partial charge in [0, 0.05) is 11.1 Å². The fourth-order valence-corrected chi connectivity index (χ4v) is 4.08. The van der Waals surface area contributed by atoms with E-state index in [2.05, 4.69) is 4.98 Å². The molecule has 2 heterocycles. The number of pyridine rings is 1. The Bertz CT molecular complexity index is 901. The summed E-state index contributed by atoms with van der Waals surface area (Å²) in [5, 5.41) is 2.67. The van der Waals surface area contributed by atoms with Gasteiger partial charge in [-0.3, -0.25) is 14.6 Å². The van der Waals surface area contributed by atoms with Crippen LogP contribution in [-0.4, -0.2) is 52.1 Å². The molecule has 0 spiro atoms. The molecule has 1 aliphatic heterocycles. The topological polar surface area (TPSA) is 62.3 Å². The molecule has 1 aromatic carbocycles. The Labute approximate surface area is 158 Å². The lowest BCUT2D eigenvalue weighted by atomic mass is 10.1. The van der Waals surface area contributed by atoms with Crippen LogP contribution >= 0.6 is 11.8 Å². The third-order valence-electron chi connectivity index (χ3n) is 4.30. The van der Waals surface area contributed by atoms with Gasteiger partial charge in [-0.15, -0.1) is 11.8 Å². The van der Waals surface area contributed by atoms with E-state index in [1.54, 1.807) is 13.0 Å². The molecule has 1 fully saturated rings. The lowest BCUT2D eigenvalue weighted by Gasteiger charge is -2.24. The molecule has 0 saturated carbocycles. The van der Waals surface area contributed by atoms with Crippen LogP contribution in [0.4, 0.5) is 13.2 Å². The number of nitrogens with zero attached hydrogens (tertiary/aromatic N) is 2. The van der Waals surface area contributed by atoms with Gasteiger partial charge in [-0.1, -0.05) is 11.6 Å². The predicted molar refractivity (Wildman–Crippen MR) is 97.6 cm³/mol. The van der Waals surface area contributed by atoms with Crippen LogP contribution in [0.3, 0.4) is 0 Å². The number of benzene rings is 1. The number of nitrogens with one attached hydrogen (secondary N) is 1. The van der Waals surface area contributed by atoms with E-state index in [1.807, 2.05) is 30.4 Å². The van der Waals surface area contributed by atoms with E-state index in [-0.39, 0.29) is 11.6 Å². The molecule has 5 nitrogen and oxygen atoms in total. The van der Waals surface area contributed by atoms with Crippen LogP contribution < -0.4 is 5.32 Å². The lowest BCUT2D eigenvalue weighted by Crippen LogP contribution is -2.49. The second-order valence-corrected chi connectivity index (χ2v) is 7.44. The highest BCUT2D eigenvalue weighted by Gasteiger charge is 2.37. The van der Waals surface area contributed by atoms with E-state index in [0.29, 0.717) is 11.3 Å². The molecule has 1 aliphatic rings. The summed E-state index contributed by atoms with van der Waals surface area (Å²) in [5.41, 5.74) is 2.64. The van der Waals surface area contributed by atoms with Gasteiger partial charge in [0.1, 0.15) is 12.6 Å². The van der Waals surface area contributed by atoms with Gasteiger partial charge >= 0.3 is 6.18 Å². The second kappa shape index (κ2) is 7.38. The van der Waals surface area contributed by atoms with Gasteiger partial charge in [-0.2, -0.15) is 13.2 Å². The van der Waals surface area contributed by atoms with Crippen LogP contribution in [0.5, 0.6) is 0 Å². The van der Waals surface area contributed by atoms with Crippen molar-refractivity contribution in [1.29, 1.82) is 0 Å². The van der Waals surface area contributed by atoms with Crippen molar-refractivity contribution in [3.8, 4) is 0 Å². The normalized spacial score (nSPS) is 17.4. The van der Waals surface area contributed by atoms with Crippen LogP contribution in [0.1, 0.15) is 21.6 Å². The van der Waals surface area contributed by atoms with Gasteiger partial charge < -0.3 is 10.2 Å². The fourth-order valence-electron chi connectivity index (χ4n) is 2.93. The highest BCUT2D eigenvalue weighted by molar-refractivity contribution is 7.99. The number of rotatable bonds is 3. The smallest absolute Gasteiger partial charge is 0.345 e. The summed E-state index contributed by atoms with van der Waals surface area (Å²) in [7, 11) is 0. The Morgan fingerprint density at radius 2 is 2.04 bits per heavy atom.